The molecule has 0 radical (unpaired) electrons. The number of benzene rings is 1. The van der Waals surface area contributed by atoms with Gasteiger partial charge in [-0.2, -0.15) is 0 Å². The van der Waals surface area contributed by atoms with Crippen molar-refractivity contribution in [3.05, 3.63) is 42.0 Å². The van der Waals surface area contributed by atoms with Crippen molar-refractivity contribution >= 4 is 13.5 Å². The Bertz CT molecular complexity index is 551. The summed E-state index contributed by atoms with van der Waals surface area (Å²) in [6.07, 6.45) is -0.966. The smallest absolute Gasteiger partial charge is 0.146 e. The molecule has 0 aromatic heterocycles. The van der Waals surface area contributed by atoms with Crippen molar-refractivity contribution in [2.45, 2.75) is 64.3 Å². The molecule has 134 valence electrons. The van der Waals surface area contributed by atoms with Gasteiger partial charge in [0.1, 0.15) is 25.3 Å². The molecule has 0 aliphatic rings. The monoisotopic (exact) mass is 348 g/mol. The Morgan fingerprint density at radius 3 is 1.75 bits per heavy atom. The van der Waals surface area contributed by atoms with E-state index in [1.54, 1.807) is 31.4 Å². The van der Waals surface area contributed by atoms with Crippen molar-refractivity contribution in [2.24, 2.45) is 0 Å². The summed E-state index contributed by atoms with van der Waals surface area (Å²) in [5.41, 5.74) is 1.88. The molecule has 1 rings (SSSR count). The molecular weight excluding hydrogens is 316 g/mol. The van der Waals surface area contributed by atoms with Crippen molar-refractivity contribution in [2.75, 3.05) is 7.11 Å². The molecule has 1 N–H and O–H groups in total. The summed E-state index contributed by atoms with van der Waals surface area (Å²) in [5.74, 6) is 0.721. The number of ether oxygens (including phenoxy) is 1. The number of carbonyl (C=O) groups excluding carboxylic acids is 1. The summed E-state index contributed by atoms with van der Waals surface area (Å²) < 4.78 is 5.14. The molecular formula is C20H32O3Si. The van der Waals surface area contributed by atoms with E-state index in [2.05, 4.69) is 48.1 Å². The summed E-state index contributed by atoms with van der Waals surface area (Å²) in [5, 5.41) is 10.8. The van der Waals surface area contributed by atoms with Crippen molar-refractivity contribution < 1.29 is 14.6 Å². The Morgan fingerprint density at radius 2 is 1.42 bits per heavy atom. The van der Waals surface area contributed by atoms with Crippen LogP contribution in [0.1, 0.15) is 53.2 Å². The van der Waals surface area contributed by atoms with E-state index in [0.29, 0.717) is 27.8 Å². The molecule has 0 spiro atoms. The number of hydrogen-bond acceptors (Lipinski definition) is 3. The van der Waals surface area contributed by atoms with Crippen LogP contribution in [0.25, 0.3) is 0 Å². The van der Waals surface area contributed by atoms with Gasteiger partial charge in [0.25, 0.3) is 0 Å². The SMILES string of the molecule is C=C(C(=O)[Si](C(C)C)(C(C)C)C(C)C)C(O)c1ccc(OC)cc1. The lowest BCUT2D eigenvalue weighted by molar-refractivity contribution is -0.110. The average molecular weight is 349 g/mol. The van der Waals surface area contributed by atoms with Crippen LogP contribution < -0.4 is 4.74 Å². The van der Waals surface area contributed by atoms with Crippen molar-refractivity contribution in [1.82, 2.24) is 0 Å². The molecule has 3 nitrogen and oxygen atoms in total. The van der Waals surface area contributed by atoms with Crippen molar-refractivity contribution in [3.63, 3.8) is 0 Å². The second-order valence-corrected chi connectivity index (χ2v) is 13.2. The maximum absolute atomic E-state index is 13.4. The lowest BCUT2D eigenvalue weighted by Gasteiger charge is -2.42. The van der Waals surface area contributed by atoms with Gasteiger partial charge in [0.05, 0.1) is 7.11 Å². The first-order valence-electron chi connectivity index (χ1n) is 8.66. The Kier molecular flexibility index (Phi) is 6.99. The fraction of sp³-hybridized carbons (Fsp3) is 0.550. The highest BCUT2D eigenvalue weighted by Gasteiger charge is 2.50. The first-order chi connectivity index (χ1) is 11.1. The maximum Gasteiger partial charge on any atom is 0.146 e. The number of aliphatic hydroxyl groups is 1. The summed E-state index contributed by atoms with van der Waals surface area (Å²) in [6.45, 7) is 16.8. The van der Waals surface area contributed by atoms with Gasteiger partial charge in [0.15, 0.2) is 0 Å². The fourth-order valence-corrected chi connectivity index (χ4v) is 10.4. The molecule has 24 heavy (non-hydrogen) atoms. The third kappa shape index (κ3) is 3.65. The molecule has 4 heteroatoms. The highest BCUT2D eigenvalue weighted by Crippen LogP contribution is 2.44. The van der Waals surface area contributed by atoms with Gasteiger partial charge in [-0.1, -0.05) is 60.3 Å². The van der Waals surface area contributed by atoms with Crippen LogP contribution in [0.15, 0.2) is 36.4 Å². The van der Waals surface area contributed by atoms with E-state index < -0.39 is 14.2 Å². The lowest BCUT2D eigenvalue weighted by Crippen LogP contribution is -2.53. The predicted octanol–water partition coefficient (Wildman–Crippen LogP) is 5.07. The zero-order chi connectivity index (χ0) is 18.7. The van der Waals surface area contributed by atoms with Gasteiger partial charge in [-0.25, -0.2) is 0 Å². The summed E-state index contributed by atoms with van der Waals surface area (Å²) in [6, 6.07) is 7.14. The fourth-order valence-electron chi connectivity index (χ4n) is 4.18. The van der Waals surface area contributed by atoms with E-state index in [-0.39, 0.29) is 5.41 Å². The van der Waals surface area contributed by atoms with Crippen LogP contribution in [0, 0.1) is 0 Å². The molecule has 1 unspecified atom stereocenters. The van der Waals surface area contributed by atoms with Gasteiger partial charge >= 0.3 is 0 Å². The summed E-state index contributed by atoms with van der Waals surface area (Å²) in [7, 11) is -0.732. The minimum atomic E-state index is -2.33. The van der Waals surface area contributed by atoms with Gasteiger partial charge in [0, 0.05) is 5.57 Å². The average Bonchev–Trinajstić information content (AvgIpc) is 2.52. The standard InChI is InChI=1S/C20H32O3Si/c1-13(2)24(14(3)4,15(5)6)20(22)16(7)19(21)17-9-11-18(23-8)12-10-17/h9-15,19,21H,7H2,1-6,8H3. The Balaban J connectivity index is 3.20. The summed E-state index contributed by atoms with van der Waals surface area (Å²) in [4.78, 5) is 13.4. The Labute approximate surface area is 147 Å². The number of hydrogen-bond donors (Lipinski definition) is 1. The van der Waals surface area contributed by atoms with Crippen molar-refractivity contribution in [1.29, 1.82) is 0 Å². The molecule has 0 saturated heterocycles. The highest BCUT2D eigenvalue weighted by atomic mass is 28.3. The molecule has 0 aliphatic heterocycles. The minimum absolute atomic E-state index is 0.103. The van der Waals surface area contributed by atoms with E-state index in [0.717, 1.165) is 5.75 Å². The third-order valence-electron chi connectivity index (χ3n) is 5.31. The molecule has 0 bridgehead atoms. The summed E-state index contributed by atoms with van der Waals surface area (Å²) >= 11 is 0. The first-order valence-corrected chi connectivity index (χ1v) is 10.9. The van der Waals surface area contributed by atoms with Crippen LogP contribution in [0.4, 0.5) is 0 Å². The second kappa shape index (κ2) is 8.12. The molecule has 1 atom stereocenters. The lowest BCUT2D eigenvalue weighted by atomic mass is 10.0. The predicted molar refractivity (Wildman–Crippen MR) is 103 cm³/mol. The Morgan fingerprint density at radius 1 is 1.00 bits per heavy atom. The number of methoxy groups -OCH3 is 1. The molecule has 0 aliphatic carbocycles. The van der Waals surface area contributed by atoms with E-state index in [4.69, 9.17) is 4.74 Å². The largest absolute Gasteiger partial charge is 0.497 e. The number of carbonyl (C=O) groups is 1. The van der Waals surface area contributed by atoms with E-state index in [9.17, 15) is 9.90 Å². The van der Waals surface area contributed by atoms with Crippen LogP contribution in [-0.2, 0) is 4.79 Å². The molecule has 1 aromatic rings. The normalized spacial score (nSPS) is 13.5. The van der Waals surface area contributed by atoms with Crippen LogP contribution in [0.3, 0.4) is 0 Å². The van der Waals surface area contributed by atoms with Crippen LogP contribution >= 0.6 is 0 Å². The van der Waals surface area contributed by atoms with Gasteiger partial charge in [-0.05, 0) is 34.3 Å². The van der Waals surface area contributed by atoms with Gasteiger partial charge in [0.2, 0.25) is 0 Å². The zero-order valence-electron chi connectivity index (χ0n) is 16.1. The van der Waals surface area contributed by atoms with Crippen LogP contribution in [-0.4, -0.2) is 25.7 Å². The highest BCUT2D eigenvalue weighted by molar-refractivity contribution is 7.10. The van der Waals surface area contributed by atoms with Gasteiger partial charge in [-0.15, -0.1) is 0 Å². The second-order valence-electron chi connectivity index (χ2n) is 7.43. The molecule has 0 heterocycles. The van der Waals surface area contributed by atoms with Crippen LogP contribution in [0.5, 0.6) is 5.75 Å². The third-order valence-corrected chi connectivity index (χ3v) is 12.2. The van der Waals surface area contributed by atoms with E-state index in [1.807, 2.05) is 0 Å². The van der Waals surface area contributed by atoms with Gasteiger partial charge in [-0.3, -0.25) is 0 Å². The number of aliphatic hydroxyl groups excluding tert-OH is 1. The Hall–Kier alpha value is -1.39. The van der Waals surface area contributed by atoms with E-state index in [1.165, 1.54) is 0 Å². The maximum atomic E-state index is 13.4. The topological polar surface area (TPSA) is 46.5 Å². The molecule has 0 saturated carbocycles. The molecule has 0 fully saturated rings. The zero-order valence-corrected chi connectivity index (χ0v) is 17.1. The van der Waals surface area contributed by atoms with Crippen LogP contribution in [0.2, 0.25) is 16.6 Å². The minimum Gasteiger partial charge on any atom is -0.497 e. The molecule has 1 aromatic carbocycles. The number of rotatable bonds is 8. The van der Waals surface area contributed by atoms with Gasteiger partial charge < -0.3 is 14.6 Å². The van der Waals surface area contributed by atoms with E-state index >= 15 is 0 Å². The van der Waals surface area contributed by atoms with Crippen molar-refractivity contribution in [3.8, 4) is 5.75 Å². The molecule has 0 amide bonds. The first kappa shape index (κ1) is 20.7. The quantitative estimate of drug-likeness (QED) is 0.527.